The average molecular weight is 604 g/mol. The van der Waals surface area contributed by atoms with E-state index in [0.29, 0.717) is 58.2 Å². The number of nitrogens with one attached hydrogen (secondary N) is 2. The van der Waals surface area contributed by atoms with Crippen LogP contribution < -0.4 is 15.4 Å². The molecule has 222 valence electrons. The van der Waals surface area contributed by atoms with Gasteiger partial charge in [-0.15, -0.1) is 0 Å². The van der Waals surface area contributed by atoms with E-state index in [2.05, 4.69) is 15.6 Å². The van der Waals surface area contributed by atoms with Crippen molar-refractivity contribution in [3.63, 3.8) is 0 Å². The monoisotopic (exact) mass is 603 g/mol. The van der Waals surface area contributed by atoms with Crippen molar-refractivity contribution in [2.75, 3.05) is 37.5 Å². The fourth-order valence-electron chi connectivity index (χ4n) is 4.66. The molecule has 0 aliphatic carbocycles. The van der Waals surface area contributed by atoms with E-state index in [1.165, 1.54) is 13.2 Å². The summed E-state index contributed by atoms with van der Waals surface area (Å²) in [6.45, 7) is 2.09. The zero-order chi connectivity index (χ0) is 30.2. The molecule has 8 nitrogen and oxygen atoms in total. The highest BCUT2D eigenvalue weighted by Crippen LogP contribution is 2.26. The second-order valence-electron chi connectivity index (χ2n) is 10.2. The molecule has 0 radical (unpaired) electrons. The Hall–Kier alpha value is -4.47. The third-order valence-corrected chi connectivity index (χ3v) is 7.28. The van der Waals surface area contributed by atoms with E-state index in [0.717, 1.165) is 24.2 Å². The zero-order valence-corrected chi connectivity index (χ0v) is 24.3. The molecule has 5 rings (SSSR count). The molecule has 0 spiro atoms. The van der Waals surface area contributed by atoms with Crippen molar-refractivity contribution in [1.29, 1.82) is 0 Å². The molecule has 1 saturated heterocycles. The van der Waals surface area contributed by atoms with Crippen LogP contribution in [0.3, 0.4) is 0 Å². The number of amides is 1. The van der Waals surface area contributed by atoms with Crippen molar-refractivity contribution in [3.8, 4) is 17.1 Å². The van der Waals surface area contributed by atoms with E-state index in [1.54, 1.807) is 36.4 Å². The molecule has 0 bridgehead atoms. The van der Waals surface area contributed by atoms with Crippen LogP contribution in [0.25, 0.3) is 11.3 Å². The lowest BCUT2D eigenvalue weighted by atomic mass is 10.1. The highest BCUT2D eigenvalue weighted by Gasteiger charge is 2.18. The van der Waals surface area contributed by atoms with Gasteiger partial charge < -0.3 is 24.8 Å². The lowest BCUT2D eigenvalue weighted by molar-refractivity contribution is -0.115. The summed E-state index contributed by atoms with van der Waals surface area (Å²) in [6.07, 6.45) is 1.11. The van der Waals surface area contributed by atoms with E-state index in [-0.39, 0.29) is 18.9 Å². The summed E-state index contributed by atoms with van der Waals surface area (Å²) in [5.74, 6) is -0.371. The van der Waals surface area contributed by atoms with Gasteiger partial charge in [-0.05, 0) is 48.4 Å². The predicted molar refractivity (Wildman–Crippen MR) is 163 cm³/mol. The molecule has 1 aliphatic rings. The second kappa shape index (κ2) is 14.1. The summed E-state index contributed by atoms with van der Waals surface area (Å²) >= 11 is 5.82. The van der Waals surface area contributed by atoms with Crippen LogP contribution in [0.4, 0.5) is 15.8 Å². The first kappa shape index (κ1) is 30.0. The van der Waals surface area contributed by atoms with Crippen molar-refractivity contribution in [1.82, 2.24) is 4.98 Å². The number of esters is 1. The SMILES string of the molecule is COC(=O)c1ccc(NC(=O)Cc2ccc(-c3cccc(OCc4ccc(Cl)cc4F)n3)cc2)c(NC[C@@H]2CCOC2)c1. The van der Waals surface area contributed by atoms with Crippen molar-refractivity contribution in [3.05, 3.63) is 106 Å². The van der Waals surface area contributed by atoms with Gasteiger partial charge in [-0.1, -0.05) is 48.0 Å². The molecule has 4 aromatic rings. The fourth-order valence-corrected chi connectivity index (χ4v) is 4.82. The number of aromatic nitrogens is 1. The van der Waals surface area contributed by atoms with E-state index in [1.807, 2.05) is 36.4 Å². The smallest absolute Gasteiger partial charge is 0.337 e. The van der Waals surface area contributed by atoms with Crippen LogP contribution in [-0.2, 0) is 27.3 Å². The molecule has 1 fully saturated rings. The van der Waals surface area contributed by atoms with Gasteiger partial charge in [-0.2, -0.15) is 0 Å². The summed E-state index contributed by atoms with van der Waals surface area (Å²) < 4.78 is 30.1. The summed E-state index contributed by atoms with van der Waals surface area (Å²) in [6, 6.07) is 22.3. The average Bonchev–Trinajstić information content (AvgIpc) is 3.54. The summed E-state index contributed by atoms with van der Waals surface area (Å²) in [4.78, 5) is 29.6. The van der Waals surface area contributed by atoms with Gasteiger partial charge in [0.15, 0.2) is 0 Å². The Balaban J connectivity index is 1.21. The number of halogens is 2. The maximum Gasteiger partial charge on any atom is 0.337 e. The largest absolute Gasteiger partial charge is 0.473 e. The van der Waals surface area contributed by atoms with Crippen molar-refractivity contribution < 1.29 is 28.2 Å². The van der Waals surface area contributed by atoms with E-state index in [9.17, 15) is 14.0 Å². The number of hydrogen-bond donors (Lipinski definition) is 2. The van der Waals surface area contributed by atoms with E-state index < -0.39 is 11.8 Å². The van der Waals surface area contributed by atoms with Crippen molar-refractivity contribution in [2.45, 2.75) is 19.4 Å². The quantitative estimate of drug-likeness (QED) is 0.188. The molecule has 0 unspecified atom stereocenters. The molecule has 1 amide bonds. The minimum atomic E-state index is -0.452. The van der Waals surface area contributed by atoms with Crippen LogP contribution in [0.1, 0.15) is 27.9 Å². The highest BCUT2D eigenvalue weighted by molar-refractivity contribution is 6.30. The van der Waals surface area contributed by atoms with Crippen LogP contribution in [0.2, 0.25) is 5.02 Å². The van der Waals surface area contributed by atoms with Gasteiger partial charge in [-0.25, -0.2) is 14.2 Å². The minimum absolute atomic E-state index is 0.0190. The number of carbonyl (C=O) groups is 2. The molecule has 1 aliphatic heterocycles. The molecule has 2 N–H and O–H groups in total. The molecule has 10 heteroatoms. The second-order valence-corrected chi connectivity index (χ2v) is 10.6. The normalized spacial score (nSPS) is 14.3. The zero-order valence-electron chi connectivity index (χ0n) is 23.6. The number of ether oxygens (including phenoxy) is 3. The number of rotatable bonds is 11. The number of nitrogens with zero attached hydrogens (tertiary/aromatic N) is 1. The summed E-state index contributed by atoms with van der Waals surface area (Å²) in [7, 11) is 1.33. The third kappa shape index (κ3) is 8.09. The number of hydrogen-bond acceptors (Lipinski definition) is 7. The number of carbonyl (C=O) groups excluding carboxylic acids is 2. The molecule has 1 atom stereocenters. The van der Waals surface area contributed by atoms with Crippen LogP contribution in [0.15, 0.2) is 78.9 Å². The van der Waals surface area contributed by atoms with Gasteiger partial charge in [0.2, 0.25) is 11.8 Å². The Kier molecular flexibility index (Phi) is 9.86. The Morgan fingerprint density at radius 1 is 1.05 bits per heavy atom. The molecular formula is C33H31ClFN3O5. The minimum Gasteiger partial charge on any atom is -0.473 e. The first-order valence-corrected chi connectivity index (χ1v) is 14.2. The Labute approximate surface area is 254 Å². The molecule has 43 heavy (non-hydrogen) atoms. The number of methoxy groups -OCH3 is 1. The van der Waals surface area contributed by atoms with Gasteiger partial charge >= 0.3 is 5.97 Å². The number of pyridine rings is 1. The van der Waals surface area contributed by atoms with Crippen LogP contribution in [0, 0.1) is 11.7 Å². The molecule has 0 saturated carbocycles. The van der Waals surface area contributed by atoms with Crippen molar-refractivity contribution in [2.24, 2.45) is 5.92 Å². The number of anilines is 2. The first-order chi connectivity index (χ1) is 20.9. The summed E-state index contributed by atoms with van der Waals surface area (Å²) in [5, 5.41) is 6.64. The van der Waals surface area contributed by atoms with E-state index in [4.69, 9.17) is 25.8 Å². The fraction of sp³-hybridized carbons (Fsp3) is 0.242. The third-order valence-electron chi connectivity index (χ3n) is 7.05. The van der Waals surface area contributed by atoms with Gasteiger partial charge in [0.05, 0.1) is 42.8 Å². The van der Waals surface area contributed by atoms with Gasteiger partial charge in [0, 0.05) is 41.3 Å². The Bertz CT molecular complexity index is 1590. The van der Waals surface area contributed by atoms with Crippen LogP contribution in [0.5, 0.6) is 5.88 Å². The lowest BCUT2D eigenvalue weighted by Crippen LogP contribution is -2.19. The van der Waals surface area contributed by atoms with Crippen LogP contribution >= 0.6 is 11.6 Å². The van der Waals surface area contributed by atoms with Gasteiger partial charge in [-0.3, -0.25) is 4.79 Å². The molecular weight excluding hydrogens is 573 g/mol. The van der Waals surface area contributed by atoms with Crippen molar-refractivity contribution >= 4 is 34.9 Å². The maximum atomic E-state index is 14.1. The standard InChI is InChI=1S/C33H31ClFN3O5/c1-41-33(40)24-10-12-29(30(16-24)36-18-22-13-14-42-19-22)37-31(39)15-21-5-7-23(8-6-21)28-3-2-4-32(38-28)43-20-25-9-11-26(34)17-27(25)35/h2-12,16-17,22,36H,13-15,18-20H2,1H3,(H,37,39)/t22-/m0/s1. The van der Waals surface area contributed by atoms with Gasteiger partial charge in [0.25, 0.3) is 0 Å². The molecule has 3 aromatic carbocycles. The topological polar surface area (TPSA) is 98.8 Å². The van der Waals surface area contributed by atoms with E-state index >= 15 is 0 Å². The predicted octanol–water partition coefficient (Wildman–Crippen LogP) is 6.54. The Morgan fingerprint density at radius 2 is 1.88 bits per heavy atom. The number of benzene rings is 3. The molecule has 2 heterocycles. The highest BCUT2D eigenvalue weighted by atomic mass is 35.5. The van der Waals surface area contributed by atoms with Crippen LogP contribution in [-0.4, -0.2) is 43.7 Å². The summed E-state index contributed by atoms with van der Waals surface area (Å²) in [5.41, 5.74) is 4.33. The first-order valence-electron chi connectivity index (χ1n) is 13.8. The maximum absolute atomic E-state index is 14.1. The lowest BCUT2D eigenvalue weighted by Gasteiger charge is -2.16. The van der Waals surface area contributed by atoms with Gasteiger partial charge in [0.1, 0.15) is 12.4 Å². The Morgan fingerprint density at radius 3 is 2.63 bits per heavy atom. The molecule has 1 aromatic heterocycles.